The molecule has 0 unspecified atom stereocenters. The zero-order valence-corrected chi connectivity index (χ0v) is 9.90. The molecule has 3 N–H and O–H groups in total. The molecule has 0 amide bonds. The Morgan fingerprint density at radius 1 is 1.20 bits per heavy atom. The smallest absolute Gasteiger partial charge is 0.188 e. The number of fused-ring (bicyclic) bond motifs is 1. The van der Waals surface area contributed by atoms with Crippen LogP contribution >= 0.6 is 24.8 Å². The Hall–Kier alpha value is -0.930. The van der Waals surface area contributed by atoms with Crippen molar-refractivity contribution in [2.24, 2.45) is 5.73 Å². The monoisotopic (exact) mass is 247 g/mol. The van der Waals surface area contributed by atoms with Crippen molar-refractivity contribution in [2.75, 3.05) is 6.54 Å². The maximum Gasteiger partial charge on any atom is 0.188 e. The molecule has 0 atom stereocenters. The molecule has 2 rings (SSSR count). The number of nitrogens with zero attached hydrogens (tertiary/aromatic N) is 1. The van der Waals surface area contributed by atoms with Gasteiger partial charge in [-0.15, -0.1) is 24.8 Å². The fraction of sp³-hybridized carbons (Fsp3) is 0.300. The molecule has 0 radical (unpaired) electrons. The molecule has 0 aromatic heterocycles. The molecule has 0 fully saturated rings. The lowest BCUT2D eigenvalue weighted by atomic mass is 10.0. The van der Waals surface area contributed by atoms with Gasteiger partial charge < -0.3 is 10.6 Å². The van der Waals surface area contributed by atoms with E-state index in [0.717, 1.165) is 19.5 Å². The summed E-state index contributed by atoms with van der Waals surface area (Å²) in [5.41, 5.74) is 8.12. The summed E-state index contributed by atoms with van der Waals surface area (Å²) < 4.78 is 0. The Morgan fingerprint density at radius 2 is 1.80 bits per heavy atom. The lowest BCUT2D eigenvalue weighted by Gasteiger charge is -2.28. The minimum atomic E-state index is 0. The van der Waals surface area contributed by atoms with Crippen LogP contribution in [-0.4, -0.2) is 17.4 Å². The average molecular weight is 248 g/mol. The molecule has 5 heteroatoms. The summed E-state index contributed by atoms with van der Waals surface area (Å²) in [6.07, 6.45) is 0.996. The highest BCUT2D eigenvalue weighted by Crippen LogP contribution is 2.17. The van der Waals surface area contributed by atoms with Crippen molar-refractivity contribution in [3.8, 4) is 0 Å². The van der Waals surface area contributed by atoms with Crippen LogP contribution in [0.4, 0.5) is 0 Å². The van der Waals surface area contributed by atoms with E-state index in [1.54, 1.807) is 0 Å². The van der Waals surface area contributed by atoms with Crippen LogP contribution in [0.1, 0.15) is 11.1 Å². The molecule has 0 spiro atoms. The first-order valence-corrected chi connectivity index (χ1v) is 4.43. The minimum absolute atomic E-state index is 0. The number of nitrogens with two attached hydrogens (primary N) is 1. The summed E-state index contributed by atoms with van der Waals surface area (Å²) in [5.74, 6) is 0.175. The third-order valence-electron chi connectivity index (χ3n) is 2.47. The summed E-state index contributed by atoms with van der Waals surface area (Å²) in [7, 11) is 0. The summed E-state index contributed by atoms with van der Waals surface area (Å²) >= 11 is 0. The van der Waals surface area contributed by atoms with Crippen molar-refractivity contribution in [3.05, 3.63) is 35.4 Å². The van der Waals surface area contributed by atoms with E-state index in [1.165, 1.54) is 11.1 Å². The zero-order chi connectivity index (χ0) is 9.26. The molecule has 0 saturated heterocycles. The molecule has 0 aliphatic carbocycles. The van der Waals surface area contributed by atoms with Crippen LogP contribution < -0.4 is 5.73 Å². The Morgan fingerprint density at radius 3 is 2.40 bits per heavy atom. The predicted octanol–water partition coefficient (Wildman–Crippen LogP) is 1.78. The van der Waals surface area contributed by atoms with Crippen molar-refractivity contribution in [3.63, 3.8) is 0 Å². The Bertz CT molecular complexity index is 341. The van der Waals surface area contributed by atoms with Crippen molar-refractivity contribution in [2.45, 2.75) is 13.0 Å². The molecule has 1 aliphatic rings. The summed E-state index contributed by atoms with van der Waals surface area (Å²) in [4.78, 5) is 1.89. The van der Waals surface area contributed by atoms with E-state index in [4.69, 9.17) is 11.1 Å². The standard InChI is InChI=1S/C10H13N3.2ClH/c11-10(12)13-6-5-8-3-1-2-4-9(8)7-13;;/h1-4H,5-7H2,(H3,11,12);2*1H. The summed E-state index contributed by atoms with van der Waals surface area (Å²) in [6, 6.07) is 8.34. The third-order valence-corrected chi connectivity index (χ3v) is 2.47. The van der Waals surface area contributed by atoms with Gasteiger partial charge in [-0.2, -0.15) is 0 Å². The van der Waals surface area contributed by atoms with Gasteiger partial charge in [0, 0.05) is 13.1 Å². The van der Waals surface area contributed by atoms with Gasteiger partial charge in [-0.3, -0.25) is 5.41 Å². The normalized spacial score (nSPS) is 13.2. The summed E-state index contributed by atoms with van der Waals surface area (Å²) in [6.45, 7) is 1.65. The highest BCUT2D eigenvalue weighted by molar-refractivity contribution is 5.85. The van der Waals surface area contributed by atoms with Crippen LogP contribution in [-0.2, 0) is 13.0 Å². The van der Waals surface area contributed by atoms with Gasteiger partial charge in [0.25, 0.3) is 0 Å². The van der Waals surface area contributed by atoms with Crippen molar-refractivity contribution >= 4 is 30.8 Å². The highest BCUT2D eigenvalue weighted by Gasteiger charge is 2.15. The van der Waals surface area contributed by atoms with Gasteiger partial charge in [0.1, 0.15) is 0 Å². The van der Waals surface area contributed by atoms with Gasteiger partial charge in [-0.05, 0) is 17.5 Å². The second-order valence-corrected chi connectivity index (χ2v) is 3.33. The number of guanidine groups is 1. The fourth-order valence-electron chi connectivity index (χ4n) is 1.70. The van der Waals surface area contributed by atoms with Gasteiger partial charge in [0.15, 0.2) is 5.96 Å². The second-order valence-electron chi connectivity index (χ2n) is 3.33. The molecule has 1 aromatic carbocycles. The number of hydrogen-bond acceptors (Lipinski definition) is 1. The lowest BCUT2D eigenvalue weighted by molar-refractivity contribution is 0.387. The van der Waals surface area contributed by atoms with Crippen molar-refractivity contribution < 1.29 is 0 Å². The van der Waals surface area contributed by atoms with E-state index in [0.29, 0.717) is 0 Å². The molecule has 0 saturated carbocycles. The molecule has 84 valence electrons. The highest BCUT2D eigenvalue weighted by atomic mass is 35.5. The van der Waals surface area contributed by atoms with E-state index < -0.39 is 0 Å². The third kappa shape index (κ3) is 3.01. The second kappa shape index (κ2) is 5.83. The van der Waals surface area contributed by atoms with Gasteiger partial charge in [0.2, 0.25) is 0 Å². The van der Waals surface area contributed by atoms with Crippen LogP contribution in [0, 0.1) is 5.41 Å². The molecule has 1 heterocycles. The van der Waals surface area contributed by atoms with Crippen LogP contribution in [0.15, 0.2) is 24.3 Å². The van der Waals surface area contributed by atoms with Gasteiger partial charge in [-0.25, -0.2) is 0 Å². The van der Waals surface area contributed by atoms with Crippen molar-refractivity contribution in [1.82, 2.24) is 4.90 Å². The minimum Gasteiger partial charge on any atom is -0.370 e. The molecule has 3 nitrogen and oxygen atoms in total. The van der Waals surface area contributed by atoms with E-state index in [9.17, 15) is 0 Å². The first-order chi connectivity index (χ1) is 6.27. The Labute approximate surface area is 102 Å². The average Bonchev–Trinajstić information content (AvgIpc) is 2.17. The van der Waals surface area contributed by atoms with E-state index >= 15 is 0 Å². The Kier molecular flexibility index (Phi) is 5.47. The predicted molar refractivity (Wildman–Crippen MR) is 67.0 cm³/mol. The first kappa shape index (κ1) is 14.1. The van der Waals surface area contributed by atoms with Crippen LogP contribution in [0.5, 0.6) is 0 Å². The lowest BCUT2D eigenvalue weighted by Crippen LogP contribution is -2.39. The van der Waals surface area contributed by atoms with Gasteiger partial charge >= 0.3 is 0 Å². The van der Waals surface area contributed by atoms with Crippen LogP contribution in [0.25, 0.3) is 0 Å². The van der Waals surface area contributed by atoms with Crippen LogP contribution in [0.2, 0.25) is 0 Å². The van der Waals surface area contributed by atoms with E-state index in [1.807, 2.05) is 11.0 Å². The number of nitrogens with one attached hydrogen (secondary N) is 1. The molecule has 1 aliphatic heterocycles. The quantitative estimate of drug-likeness (QED) is 0.543. The maximum absolute atomic E-state index is 7.33. The molecule has 1 aromatic rings. The van der Waals surface area contributed by atoms with Crippen LogP contribution in [0.3, 0.4) is 0 Å². The maximum atomic E-state index is 7.33. The largest absolute Gasteiger partial charge is 0.370 e. The van der Waals surface area contributed by atoms with E-state index in [-0.39, 0.29) is 30.8 Å². The van der Waals surface area contributed by atoms with E-state index in [2.05, 4.69) is 18.2 Å². The SMILES string of the molecule is Cl.Cl.N=C(N)N1CCc2ccccc2C1. The molecule has 0 bridgehead atoms. The number of halogens is 2. The molecular formula is C10H15Cl2N3. The van der Waals surface area contributed by atoms with Gasteiger partial charge in [-0.1, -0.05) is 24.3 Å². The van der Waals surface area contributed by atoms with Gasteiger partial charge in [0.05, 0.1) is 0 Å². The molecular weight excluding hydrogens is 233 g/mol. The topological polar surface area (TPSA) is 53.1 Å². The Balaban J connectivity index is 0.000000980. The van der Waals surface area contributed by atoms with Crippen molar-refractivity contribution in [1.29, 1.82) is 5.41 Å². The zero-order valence-electron chi connectivity index (χ0n) is 8.27. The number of rotatable bonds is 0. The number of benzene rings is 1. The molecule has 15 heavy (non-hydrogen) atoms. The fourth-order valence-corrected chi connectivity index (χ4v) is 1.70. The summed E-state index contributed by atoms with van der Waals surface area (Å²) in [5, 5.41) is 7.33. The first-order valence-electron chi connectivity index (χ1n) is 4.43. The number of hydrogen-bond donors (Lipinski definition) is 2.